The second-order valence-corrected chi connectivity index (χ2v) is 5.62. The number of aryl methyl sites for hydroxylation is 1. The highest BCUT2D eigenvalue weighted by Gasteiger charge is 1.96. The van der Waals surface area contributed by atoms with Crippen LogP contribution >= 0.6 is 0 Å². The van der Waals surface area contributed by atoms with E-state index in [-0.39, 0.29) is 0 Å². The van der Waals surface area contributed by atoms with Crippen LogP contribution in [0.1, 0.15) is 51.5 Å². The van der Waals surface area contributed by atoms with Gasteiger partial charge in [0, 0.05) is 13.2 Å². The molecule has 0 fully saturated rings. The van der Waals surface area contributed by atoms with Gasteiger partial charge >= 0.3 is 0 Å². The van der Waals surface area contributed by atoms with Gasteiger partial charge in [0.2, 0.25) is 0 Å². The minimum Gasteiger partial charge on any atom is -0.316 e. The Bertz CT molecular complexity index is 304. The fourth-order valence-electron chi connectivity index (χ4n) is 2.11. The van der Waals surface area contributed by atoms with Gasteiger partial charge < -0.3 is 5.32 Å². The van der Waals surface area contributed by atoms with Crippen molar-refractivity contribution < 1.29 is 0 Å². The first kappa shape index (κ1) is 15.2. The lowest BCUT2D eigenvalue weighted by molar-refractivity contribution is 0.512. The van der Waals surface area contributed by atoms with Crippen LogP contribution in [0.4, 0.5) is 0 Å². The first-order valence-electron chi connectivity index (χ1n) is 7.36. The minimum atomic E-state index is 0.864. The molecule has 0 spiro atoms. The van der Waals surface area contributed by atoms with Crippen molar-refractivity contribution in [2.45, 2.75) is 52.4 Å². The summed E-state index contributed by atoms with van der Waals surface area (Å²) in [7, 11) is 1.97. The fraction of sp³-hybridized carbons (Fsp3) is 0.800. The Labute approximate surface area is 112 Å². The second-order valence-electron chi connectivity index (χ2n) is 5.62. The van der Waals surface area contributed by atoms with Crippen LogP contribution in [0, 0.1) is 5.92 Å². The second kappa shape index (κ2) is 9.15. The maximum Gasteiger partial charge on any atom is 0.0522 e. The zero-order valence-electron chi connectivity index (χ0n) is 12.3. The van der Waals surface area contributed by atoms with Crippen LogP contribution in [0.5, 0.6) is 0 Å². The number of hydrogen-bond acceptors (Lipinski definition) is 2. The normalized spacial score (nSPS) is 11.3. The van der Waals surface area contributed by atoms with Gasteiger partial charge in [0.05, 0.1) is 6.20 Å². The van der Waals surface area contributed by atoms with E-state index in [1.54, 1.807) is 0 Å². The summed E-state index contributed by atoms with van der Waals surface area (Å²) in [4.78, 5) is 0. The molecule has 0 saturated heterocycles. The Morgan fingerprint density at radius 2 is 1.94 bits per heavy atom. The maximum absolute atomic E-state index is 4.17. The van der Waals surface area contributed by atoms with E-state index < -0.39 is 0 Å². The molecule has 1 rings (SSSR count). The summed E-state index contributed by atoms with van der Waals surface area (Å²) in [6, 6.07) is 0. The van der Waals surface area contributed by atoms with E-state index in [4.69, 9.17) is 0 Å². The van der Waals surface area contributed by atoms with Crippen LogP contribution < -0.4 is 5.32 Å². The molecule has 0 saturated carbocycles. The molecular formula is C15H29N3. The van der Waals surface area contributed by atoms with Crippen molar-refractivity contribution in [3.63, 3.8) is 0 Å². The van der Waals surface area contributed by atoms with E-state index in [2.05, 4.69) is 30.5 Å². The Kier molecular flexibility index (Phi) is 7.74. The van der Waals surface area contributed by atoms with Gasteiger partial charge in [0.15, 0.2) is 0 Å². The number of nitrogens with zero attached hydrogens (tertiary/aromatic N) is 2. The smallest absolute Gasteiger partial charge is 0.0522 e. The van der Waals surface area contributed by atoms with Gasteiger partial charge in [-0.25, -0.2) is 0 Å². The molecule has 18 heavy (non-hydrogen) atoms. The summed E-state index contributed by atoms with van der Waals surface area (Å²) < 4.78 is 1.87. The third-order valence-corrected chi connectivity index (χ3v) is 3.23. The lowest BCUT2D eigenvalue weighted by Crippen LogP contribution is -2.18. The van der Waals surface area contributed by atoms with Crippen LogP contribution in [-0.4, -0.2) is 22.9 Å². The molecule has 0 unspecified atom stereocenters. The third-order valence-electron chi connectivity index (χ3n) is 3.23. The largest absolute Gasteiger partial charge is 0.316 e. The Morgan fingerprint density at radius 3 is 2.61 bits per heavy atom. The molecule has 0 radical (unpaired) electrons. The highest BCUT2D eigenvalue weighted by molar-refractivity contribution is 5.03. The lowest BCUT2D eigenvalue weighted by Gasteiger charge is -2.05. The van der Waals surface area contributed by atoms with Crippen LogP contribution in [0.3, 0.4) is 0 Å². The van der Waals surface area contributed by atoms with E-state index in [1.807, 2.05) is 17.9 Å². The fourth-order valence-corrected chi connectivity index (χ4v) is 2.11. The van der Waals surface area contributed by atoms with Crippen LogP contribution in [0.25, 0.3) is 0 Å². The van der Waals surface area contributed by atoms with Crippen molar-refractivity contribution >= 4 is 0 Å². The molecule has 1 aromatic rings. The maximum atomic E-state index is 4.17. The van der Waals surface area contributed by atoms with Crippen molar-refractivity contribution in [2.24, 2.45) is 13.0 Å². The third kappa shape index (κ3) is 7.49. The summed E-state index contributed by atoms with van der Waals surface area (Å²) in [5, 5.41) is 7.67. The molecule has 0 aliphatic rings. The SMILES string of the molecule is CC(C)CCCCCCNCCc1cnn(C)c1. The van der Waals surface area contributed by atoms with Crippen molar-refractivity contribution in [3.05, 3.63) is 18.0 Å². The van der Waals surface area contributed by atoms with Gasteiger partial charge in [-0.2, -0.15) is 5.10 Å². The first-order valence-corrected chi connectivity index (χ1v) is 7.36. The number of nitrogens with one attached hydrogen (secondary N) is 1. The van der Waals surface area contributed by atoms with Crippen LogP contribution in [0.15, 0.2) is 12.4 Å². The van der Waals surface area contributed by atoms with Crippen LogP contribution in [0.2, 0.25) is 0 Å². The number of unbranched alkanes of at least 4 members (excludes halogenated alkanes) is 3. The molecule has 3 nitrogen and oxygen atoms in total. The van der Waals surface area contributed by atoms with Gasteiger partial charge in [-0.05, 0) is 37.4 Å². The number of hydrogen-bond donors (Lipinski definition) is 1. The lowest BCUT2D eigenvalue weighted by atomic mass is 10.0. The zero-order valence-corrected chi connectivity index (χ0v) is 12.3. The topological polar surface area (TPSA) is 29.9 Å². The highest BCUT2D eigenvalue weighted by Crippen LogP contribution is 2.08. The Morgan fingerprint density at radius 1 is 1.17 bits per heavy atom. The van der Waals surface area contributed by atoms with Crippen molar-refractivity contribution in [2.75, 3.05) is 13.1 Å². The first-order chi connectivity index (χ1) is 8.68. The summed E-state index contributed by atoms with van der Waals surface area (Å²) in [5.74, 6) is 0.864. The van der Waals surface area contributed by atoms with Crippen molar-refractivity contribution in [3.8, 4) is 0 Å². The summed E-state index contributed by atoms with van der Waals surface area (Å²) in [5.41, 5.74) is 1.32. The summed E-state index contributed by atoms with van der Waals surface area (Å²) in [6.07, 6.45) is 12.0. The van der Waals surface area contributed by atoms with E-state index >= 15 is 0 Å². The van der Waals surface area contributed by atoms with E-state index in [0.29, 0.717) is 0 Å². The van der Waals surface area contributed by atoms with Gasteiger partial charge in [-0.1, -0.05) is 39.5 Å². The molecule has 3 heteroatoms. The molecule has 104 valence electrons. The molecule has 0 aliphatic carbocycles. The molecule has 0 aliphatic heterocycles. The zero-order chi connectivity index (χ0) is 13.2. The van der Waals surface area contributed by atoms with Gasteiger partial charge in [0.25, 0.3) is 0 Å². The quantitative estimate of drug-likeness (QED) is 0.647. The average Bonchev–Trinajstić information content (AvgIpc) is 2.72. The minimum absolute atomic E-state index is 0.864. The predicted octanol–water partition coefficient (Wildman–Crippen LogP) is 3.16. The molecule has 0 amide bonds. The molecule has 1 N–H and O–H groups in total. The van der Waals surface area contributed by atoms with E-state index in [1.165, 1.54) is 37.7 Å². The molecular weight excluding hydrogens is 222 g/mol. The van der Waals surface area contributed by atoms with Crippen molar-refractivity contribution in [1.82, 2.24) is 15.1 Å². The van der Waals surface area contributed by atoms with Gasteiger partial charge in [-0.3, -0.25) is 4.68 Å². The van der Waals surface area contributed by atoms with Gasteiger partial charge in [-0.15, -0.1) is 0 Å². The highest BCUT2D eigenvalue weighted by atomic mass is 15.2. The average molecular weight is 251 g/mol. The van der Waals surface area contributed by atoms with Crippen molar-refractivity contribution in [1.29, 1.82) is 0 Å². The molecule has 0 aromatic carbocycles. The Hall–Kier alpha value is -0.830. The predicted molar refractivity (Wildman–Crippen MR) is 77.7 cm³/mol. The monoisotopic (exact) mass is 251 g/mol. The molecule has 0 atom stereocenters. The van der Waals surface area contributed by atoms with Gasteiger partial charge in [0.1, 0.15) is 0 Å². The number of rotatable bonds is 10. The van der Waals surface area contributed by atoms with E-state index in [9.17, 15) is 0 Å². The standard InChI is InChI=1S/C15H29N3/c1-14(2)8-6-4-5-7-10-16-11-9-15-12-17-18(3)13-15/h12-14,16H,4-11H2,1-3H3. The summed E-state index contributed by atoms with van der Waals surface area (Å²) >= 11 is 0. The molecule has 1 heterocycles. The molecule has 0 bridgehead atoms. The Balaban J connectivity index is 1.84. The van der Waals surface area contributed by atoms with Crippen LogP contribution in [-0.2, 0) is 13.5 Å². The molecule has 1 aromatic heterocycles. The number of aromatic nitrogens is 2. The summed E-state index contributed by atoms with van der Waals surface area (Å²) in [6.45, 7) is 6.83. The van der Waals surface area contributed by atoms with E-state index in [0.717, 1.165) is 25.4 Å².